The molecular weight excluding hydrogens is 254 g/mol. The van der Waals surface area contributed by atoms with E-state index in [1.807, 2.05) is 6.07 Å². The fraction of sp³-hybridized carbons (Fsp3) is 0.417. The van der Waals surface area contributed by atoms with E-state index in [1.54, 1.807) is 6.92 Å². The van der Waals surface area contributed by atoms with Crippen molar-refractivity contribution >= 4 is 21.7 Å². The molecule has 2 nitrogen and oxygen atoms in total. The molecular formula is C12H16BrNO. The lowest BCUT2D eigenvalue weighted by atomic mass is 10.1. The van der Waals surface area contributed by atoms with Gasteiger partial charge < -0.3 is 5.32 Å². The zero-order valence-corrected chi connectivity index (χ0v) is 10.7. The lowest BCUT2D eigenvalue weighted by Gasteiger charge is -2.07. The number of hydrogen-bond acceptors (Lipinski definition) is 2. The maximum Gasteiger partial charge on any atom is 0.131 e. The van der Waals surface area contributed by atoms with Gasteiger partial charge in [-0.15, -0.1) is 0 Å². The van der Waals surface area contributed by atoms with Gasteiger partial charge in [0.05, 0.1) is 0 Å². The zero-order chi connectivity index (χ0) is 11.3. The molecule has 1 rings (SSSR count). The summed E-state index contributed by atoms with van der Waals surface area (Å²) in [4.78, 5) is 10.7. The Morgan fingerprint density at radius 1 is 1.47 bits per heavy atom. The van der Waals surface area contributed by atoms with Crippen molar-refractivity contribution < 1.29 is 4.79 Å². The Morgan fingerprint density at radius 2 is 2.20 bits per heavy atom. The monoisotopic (exact) mass is 269 g/mol. The quantitative estimate of drug-likeness (QED) is 0.833. The molecule has 0 radical (unpaired) electrons. The van der Waals surface area contributed by atoms with Crippen LogP contribution in [0.4, 0.5) is 0 Å². The molecule has 0 heterocycles. The fourth-order valence-corrected chi connectivity index (χ4v) is 1.73. The summed E-state index contributed by atoms with van der Waals surface area (Å²) in [6.45, 7) is 5.28. The Balaban J connectivity index is 2.43. The lowest BCUT2D eigenvalue weighted by Crippen LogP contribution is -2.17. The highest BCUT2D eigenvalue weighted by molar-refractivity contribution is 9.10. The average Bonchev–Trinajstić information content (AvgIpc) is 2.17. The van der Waals surface area contributed by atoms with Crippen molar-refractivity contribution in [1.29, 1.82) is 0 Å². The maximum atomic E-state index is 10.7. The highest BCUT2D eigenvalue weighted by atomic mass is 79.9. The van der Waals surface area contributed by atoms with Crippen LogP contribution in [0.25, 0.3) is 0 Å². The summed E-state index contributed by atoms with van der Waals surface area (Å²) in [5.74, 6) is 0.230. The summed E-state index contributed by atoms with van der Waals surface area (Å²) in [5, 5.41) is 3.26. The number of Topliss-reactive ketones (excluding diaryl/α,β-unsaturated/α-hetero) is 1. The first-order chi connectivity index (χ1) is 7.09. The van der Waals surface area contributed by atoms with Crippen LogP contribution in [0.15, 0.2) is 22.7 Å². The van der Waals surface area contributed by atoms with Crippen molar-refractivity contribution in [2.24, 2.45) is 0 Å². The Bertz CT molecular complexity index is 349. The van der Waals surface area contributed by atoms with Crippen LogP contribution in [-0.4, -0.2) is 12.3 Å². The fourth-order valence-electron chi connectivity index (χ4n) is 1.32. The van der Waals surface area contributed by atoms with Gasteiger partial charge in [-0.1, -0.05) is 22.0 Å². The van der Waals surface area contributed by atoms with Crippen LogP contribution in [0.1, 0.15) is 24.5 Å². The van der Waals surface area contributed by atoms with Crippen molar-refractivity contribution in [3.05, 3.63) is 33.8 Å². The highest BCUT2D eigenvalue weighted by Crippen LogP contribution is 2.15. The normalized spacial score (nSPS) is 10.3. The van der Waals surface area contributed by atoms with Crippen LogP contribution >= 0.6 is 15.9 Å². The smallest absolute Gasteiger partial charge is 0.131 e. The summed E-state index contributed by atoms with van der Waals surface area (Å²) < 4.78 is 1.09. The largest absolute Gasteiger partial charge is 0.312 e. The number of benzene rings is 1. The molecule has 0 aliphatic carbocycles. The molecule has 0 bridgehead atoms. The Hall–Kier alpha value is -0.670. The van der Waals surface area contributed by atoms with Gasteiger partial charge in [-0.25, -0.2) is 0 Å². The molecule has 0 saturated heterocycles. The van der Waals surface area contributed by atoms with E-state index in [2.05, 4.69) is 40.3 Å². The molecule has 15 heavy (non-hydrogen) atoms. The van der Waals surface area contributed by atoms with E-state index in [0.717, 1.165) is 17.6 Å². The van der Waals surface area contributed by atoms with Gasteiger partial charge in [-0.05, 0) is 37.1 Å². The molecule has 0 aromatic heterocycles. The molecule has 1 aromatic rings. The van der Waals surface area contributed by atoms with Gasteiger partial charge in [0.1, 0.15) is 5.78 Å². The molecule has 0 unspecified atom stereocenters. The lowest BCUT2D eigenvalue weighted by molar-refractivity contribution is -0.116. The summed E-state index contributed by atoms with van der Waals surface area (Å²) in [6, 6.07) is 6.23. The van der Waals surface area contributed by atoms with Crippen LogP contribution < -0.4 is 5.32 Å². The molecule has 1 aromatic carbocycles. The average molecular weight is 270 g/mol. The minimum atomic E-state index is 0.230. The van der Waals surface area contributed by atoms with Crippen LogP contribution in [0.2, 0.25) is 0 Å². The summed E-state index contributed by atoms with van der Waals surface area (Å²) >= 11 is 3.45. The number of rotatable bonds is 5. The van der Waals surface area contributed by atoms with Crippen molar-refractivity contribution in [1.82, 2.24) is 5.32 Å². The highest BCUT2D eigenvalue weighted by Gasteiger charge is 1.99. The number of hydrogen-bond donors (Lipinski definition) is 1. The van der Waals surface area contributed by atoms with Gasteiger partial charge in [0.25, 0.3) is 0 Å². The third kappa shape index (κ3) is 4.58. The molecule has 1 N–H and O–H groups in total. The van der Waals surface area contributed by atoms with E-state index in [0.29, 0.717) is 6.42 Å². The van der Waals surface area contributed by atoms with E-state index in [4.69, 9.17) is 0 Å². The van der Waals surface area contributed by atoms with Gasteiger partial charge >= 0.3 is 0 Å². The third-order valence-corrected chi connectivity index (χ3v) is 2.77. The molecule has 0 atom stereocenters. The Kier molecular flexibility index (Phi) is 4.99. The molecule has 0 fully saturated rings. The first-order valence-corrected chi connectivity index (χ1v) is 5.84. The summed E-state index contributed by atoms with van der Waals surface area (Å²) in [7, 11) is 0. The minimum absolute atomic E-state index is 0.230. The third-order valence-electron chi connectivity index (χ3n) is 2.28. The molecule has 3 heteroatoms. The summed E-state index contributed by atoms with van der Waals surface area (Å²) in [5.41, 5.74) is 2.54. The van der Waals surface area contributed by atoms with E-state index in [1.165, 1.54) is 11.1 Å². The summed E-state index contributed by atoms with van der Waals surface area (Å²) in [6.07, 6.45) is 0.604. The maximum absolute atomic E-state index is 10.7. The molecule has 0 amide bonds. The second-order valence-electron chi connectivity index (χ2n) is 3.70. The van der Waals surface area contributed by atoms with Crippen molar-refractivity contribution in [2.45, 2.75) is 26.8 Å². The molecule has 0 aliphatic heterocycles. The zero-order valence-electron chi connectivity index (χ0n) is 9.14. The first kappa shape index (κ1) is 12.4. The predicted molar refractivity (Wildman–Crippen MR) is 65.9 cm³/mol. The molecule has 0 saturated carbocycles. The van der Waals surface area contributed by atoms with E-state index in [-0.39, 0.29) is 5.78 Å². The number of carbonyl (C=O) groups is 1. The number of aryl methyl sites for hydroxylation is 1. The standard InChI is InChI=1S/C12H16BrNO/c1-9-3-4-12(13)7-11(9)8-14-6-5-10(2)15/h3-4,7,14H,5-6,8H2,1-2H3. The number of halogens is 1. The van der Waals surface area contributed by atoms with E-state index in [9.17, 15) is 4.79 Å². The second kappa shape index (κ2) is 6.03. The van der Waals surface area contributed by atoms with Crippen molar-refractivity contribution in [2.75, 3.05) is 6.54 Å². The number of carbonyl (C=O) groups excluding carboxylic acids is 1. The van der Waals surface area contributed by atoms with Gasteiger partial charge in [0.2, 0.25) is 0 Å². The van der Waals surface area contributed by atoms with E-state index < -0.39 is 0 Å². The van der Waals surface area contributed by atoms with Crippen molar-refractivity contribution in [3.8, 4) is 0 Å². The molecule has 0 spiro atoms. The topological polar surface area (TPSA) is 29.1 Å². The SMILES string of the molecule is CC(=O)CCNCc1cc(Br)ccc1C. The van der Waals surface area contributed by atoms with Crippen LogP contribution in [-0.2, 0) is 11.3 Å². The van der Waals surface area contributed by atoms with E-state index >= 15 is 0 Å². The Morgan fingerprint density at radius 3 is 2.87 bits per heavy atom. The predicted octanol–water partition coefficient (Wildman–Crippen LogP) is 2.83. The number of ketones is 1. The van der Waals surface area contributed by atoms with Crippen LogP contribution in [0.3, 0.4) is 0 Å². The minimum Gasteiger partial charge on any atom is -0.312 e. The van der Waals surface area contributed by atoms with Gasteiger partial charge in [0, 0.05) is 24.0 Å². The molecule has 0 aliphatic rings. The second-order valence-corrected chi connectivity index (χ2v) is 4.62. The van der Waals surface area contributed by atoms with Crippen molar-refractivity contribution in [3.63, 3.8) is 0 Å². The van der Waals surface area contributed by atoms with Gasteiger partial charge in [-0.3, -0.25) is 4.79 Å². The molecule has 82 valence electrons. The van der Waals surface area contributed by atoms with Gasteiger partial charge in [-0.2, -0.15) is 0 Å². The van der Waals surface area contributed by atoms with Crippen LogP contribution in [0.5, 0.6) is 0 Å². The van der Waals surface area contributed by atoms with Gasteiger partial charge in [0.15, 0.2) is 0 Å². The Labute approximate surface area is 99.2 Å². The van der Waals surface area contributed by atoms with Crippen LogP contribution in [0, 0.1) is 6.92 Å². The number of nitrogens with one attached hydrogen (secondary N) is 1. The first-order valence-electron chi connectivity index (χ1n) is 5.05.